The third-order valence-corrected chi connectivity index (χ3v) is 7.86. The minimum atomic E-state index is -3.67. The average Bonchev–Trinajstić information content (AvgIpc) is 3.18. The van der Waals surface area contributed by atoms with E-state index < -0.39 is 15.7 Å². The van der Waals surface area contributed by atoms with Crippen molar-refractivity contribution in [2.75, 3.05) is 33.4 Å². The fourth-order valence-corrected chi connectivity index (χ4v) is 5.86. The van der Waals surface area contributed by atoms with Crippen molar-refractivity contribution in [2.45, 2.75) is 30.4 Å². The summed E-state index contributed by atoms with van der Waals surface area (Å²) in [6.45, 7) is 3.47. The molecule has 2 aliphatic rings. The van der Waals surface area contributed by atoms with E-state index in [2.05, 4.69) is 0 Å². The highest BCUT2D eigenvalue weighted by molar-refractivity contribution is 7.89. The fourth-order valence-electron chi connectivity index (χ4n) is 4.14. The number of hydrogen-bond donors (Lipinski definition) is 0. The molecule has 7 nitrogen and oxygen atoms in total. The van der Waals surface area contributed by atoms with Crippen LogP contribution in [0.2, 0.25) is 0 Å². The smallest absolute Gasteiger partial charge is 0.253 e. The summed E-state index contributed by atoms with van der Waals surface area (Å²) in [6.07, 6.45) is 0.889. The molecule has 1 amide bonds. The van der Waals surface area contributed by atoms with Crippen molar-refractivity contribution in [1.82, 2.24) is 9.21 Å². The molecule has 1 spiro atoms. The van der Waals surface area contributed by atoms with E-state index >= 15 is 0 Å². The summed E-state index contributed by atoms with van der Waals surface area (Å²) in [4.78, 5) is 14.9. The standard InChI is InChI=1S/C22H26N2O5S/c1-17-3-9-20(10-4-17)30(26,27)24-15-16-29-22(24)11-13-23(14-12-22)21(25)18-5-7-19(28-2)8-6-18/h3-10H,11-16H2,1-2H3. The van der Waals surface area contributed by atoms with Gasteiger partial charge in [-0.2, -0.15) is 4.31 Å². The molecule has 2 aromatic carbocycles. The zero-order chi connectivity index (χ0) is 21.4. The lowest BCUT2D eigenvalue weighted by Gasteiger charge is -2.42. The van der Waals surface area contributed by atoms with E-state index in [9.17, 15) is 13.2 Å². The largest absolute Gasteiger partial charge is 0.497 e. The van der Waals surface area contributed by atoms with Crippen LogP contribution in [-0.4, -0.2) is 62.6 Å². The predicted molar refractivity (Wildman–Crippen MR) is 112 cm³/mol. The lowest BCUT2D eigenvalue weighted by Crippen LogP contribution is -2.55. The summed E-state index contributed by atoms with van der Waals surface area (Å²) < 4.78 is 39.1. The molecule has 0 unspecified atom stereocenters. The molecule has 2 fully saturated rings. The van der Waals surface area contributed by atoms with Crippen molar-refractivity contribution in [3.8, 4) is 5.75 Å². The van der Waals surface area contributed by atoms with Crippen LogP contribution in [0.4, 0.5) is 0 Å². The van der Waals surface area contributed by atoms with Crippen molar-refractivity contribution < 1.29 is 22.7 Å². The summed E-state index contributed by atoms with van der Waals surface area (Å²) in [5, 5.41) is 0. The highest BCUT2D eigenvalue weighted by Crippen LogP contribution is 2.38. The van der Waals surface area contributed by atoms with Gasteiger partial charge in [0.25, 0.3) is 5.91 Å². The molecule has 0 saturated carbocycles. The van der Waals surface area contributed by atoms with E-state index in [0.717, 1.165) is 5.56 Å². The minimum absolute atomic E-state index is 0.0709. The van der Waals surface area contributed by atoms with Crippen LogP contribution in [0.25, 0.3) is 0 Å². The van der Waals surface area contributed by atoms with Gasteiger partial charge in [-0.15, -0.1) is 0 Å². The Morgan fingerprint density at radius 3 is 2.23 bits per heavy atom. The van der Waals surface area contributed by atoms with E-state index in [1.165, 1.54) is 4.31 Å². The molecule has 2 aromatic rings. The van der Waals surface area contributed by atoms with Crippen LogP contribution in [0, 0.1) is 6.92 Å². The number of aryl methyl sites for hydroxylation is 1. The number of nitrogens with zero attached hydrogens (tertiary/aromatic N) is 2. The Morgan fingerprint density at radius 1 is 1.00 bits per heavy atom. The minimum Gasteiger partial charge on any atom is -0.497 e. The van der Waals surface area contributed by atoms with Gasteiger partial charge in [-0.3, -0.25) is 4.79 Å². The van der Waals surface area contributed by atoms with Gasteiger partial charge in [0.2, 0.25) is 10.0 Å². The number of piperidine rings is 1. The molecule has 2 saturated heterocycles. The van der Waals surface area contributed by atoms with Crippen LogP contribution in [0.1, 0.15) is 28.8 Å². The number of carbonyl (C=O) groups excluding carboxylic acids is 1. The second kappa shape index (κ2) is 8.02. The first-order chi connectivity index (χ1) is 14.4. The molecule has 8 heteroatoms. The van der Waals surface area contributed by atoms with E-state index in [0.29, 0.717) is 50.4 Å². The Kier molecular flexibility index (Phi) is 5.57. The van der Waals surface area contributed by atoms with E-state index in [1.807, 2.05) is 6.92 Å². The molecule has 0 aliphatic carbocycles. The molecule has 0 atom stereocenters. The Hall–Kier alpha value is -2.42. The van der Waals surface area contributed by atoms with Gasteiger partial charge >= 0.3 is 0 Å². The van der Waals surface area contributed by atoms with Crippen LogP contribution in [0.3, 0.4) is 0 Å². The lowest BCUT2D eigenvalue weighted by molar-refractivity contribution is -0.0857. The first-order valence-electron chi connectivity index (χ1n) is 10.0. The number of hydrogen-bond acceptors (Lipinski definition) is 5. The van der Waals surface area contributed by atoms with Crippen molar-refractivity contribution >= 4 is 15.9 Å². The number of ether oxygens (including phenoxy) is 2. The highest BCUT2D eigenvalue weighted by atomic mass is 32.2. The zero-order valence-corrected chi connectivity index (χ0v) is 18.0. The number of rotatable bonds is 4. The fraction of sp³-hybridized carbons (Fsp3) is 0.409. The number of likely N-dealkylation sites (tertiary alicyclic amines) is 1. The van der Waals surface area contributed by atoms with Crippen molar-refractivity contribution in [3.63, 3.8) is 0 Å². The lowest BCUT2D eigenvalue weighted by atomic mass is 10.00. The maximum absolute atomic E-state index is 13.3. The number of methoxy groups -OCH3 is 1. The van der Waals surface area contributed by atoms with Crippen LogP contribution in [0.5, 0.6) is 5.75 Å². The number of benzene rings is 2. The molecular weight excluding hydrogens is 404 g/mol. The molecule has 4 rings (SSSR count). The maximum atomic E-state index is 13.3. The molecule has 30 heavy (non-hydrogen) atoms. The highest BCUT2D eigenvalue weighted by Gasteiger charge is 2.51. The molecule has 160 valence electrons. The summed E-state index contributed by atoms with van der Waals surface area (Å²) in [6, 6.07) is 13.9. The number of carbonyl (C=O) groups is 1. The van der Waals surface area contributed by atoms with Gasteiger partial charge in [-0.1, -0.05) is 17.7 Å². The Balaban J connectivity index is 1.49. The topological polar surface area (TPSA) is 76.2 Å². The first kappa shape index (κ1) is 20.8. The second-order valence-corrected chi connectivity index (χ2v) is 9.57. The molecule has 0 N–H and O–H groups in total. The first-order valence-corrected chi connectivity index (χ1v) is 11.5. The molecule has 2 heterocycles. The van der Waals surface area contributed by atoms with Gasteiger partial charge < -0.3 is 14.4 Å². The quantitative estimate of drug-likeness (QED) is 0.745. The average molecular weight is 431 g/mol. The molecule has 0 aromatic heterocycles. The maximum Gasteiger partial charge on any atom is 0.253 e. The predicted octanol–water partition coefficient (Wildman–Crippen LogP) is 2.66. The summed E-state index contributed by atoms with van der Waals surface area (Å²) >= 11 is 0. The van der Waals surface area contributed by atoms with Gasteiger partial charge in [0.05, 0.1) is 18.6 Å². The molecule has 2 aliphatic heterocycles. The van der Waals surface area contributed by atoms with Gasteiger partial charge in [0, 0.05) is 38.0 Å². The van der Waals surface area contributed by atoms with Gasteiger partial charge in [-0.05, 0) is 43.3 Å². The summed E-state index contributed by atoms with van der Waals surface area (Å²) in [5.74, 6) is 0.624. The number of amides is 1. The summed E-state index contributed by atoms with van der Waals surface area (Å²) in [5.41, 5.74) is 0.704. The van der Waals surface area contributed by atoms with Crippen LogP contribution < -0.4 is 4.74 Å². The molecule has 0 bridgehead atoms. The molecular formula is C22H26N2O5S. The summed E-state index contributed by atoms with van der Waals surface area (Å²) in [7, 11) is -2.09. The monoisotopic (exact) mass is 430 g/mol. The normalized spacial score (nSPS) is 19.2. The second-order valence-electron chi connectivity index (χ2n) is 7.71. The van der Waals surface area contributed by atoms with Crippen LogP contribution in [-0.2, 0) is 14.8 Å². The van der Waals surface area contributed by atoms with E-state index in [-0.39, 0.29) is 10.8 Å². The van der Waals surface area contributed by atoms with E-state index in [4.69, 9.17) is 9.47 Å². The van der Waals surface area contributed by atoms with Crippen molar-refractivity contribution in [1.29, 1.82) is 0 Å². The van der Waals surface area contributed by atoms with Crippen LogP contribution in [0.15, 0.2) is 53.4 Å². The van der Waals surface area contributed by atoms with Crippen molar-refractivity contribution in [3.05, 3.63) is 59.7 Å². The SMILES string of the molecule is COc1ccc(C(=O)N2CCC3(CC2)OCCN3S(=O)(=O)c2ccc(C)cc2)cc1. The van der Waals surface area contributed by atoms with Crippen molar-refractivity contribution in [2.24, 2.45) is 0 Å². The van der Waals surface area contributed by atoms with Gasteiger partial charge in [-0.25, -0.2) is 8.42 Å². The van der Waals surface area contributed by atoms with Crippen LogP contribution >= 0.6 is 0 Å². The Labute approximate surface area is 177 Å². The Morgan fingerprint density at radius 2 is 1.63 bits per heavy atom. The number of sulfonamides is 1. The van der Waals surface area contributed by atoms with E-state index in [1.54, 1.807) is 60.5 Å². The third-order valence-electron chi connectivity index (χ3n) is 5.90. The zero-order valence-electron chi connectivity index (χ0n) is 17.2. The molecule has 0 radical (unpaired) electrons. The van der Waals surface area contributed by atoms with Gasteiger partial charge in [0.15, 0.2) is 0 Å². The third kappa shape index (κ3) is 3.71. The Bertz CT molecular complexity index is 1010. The van der Waals surface area contributed by atoms with Gasteiger partial charge in [0.1, 0.15) is 11.5 Å².